The number of nitrogens with zero attached hydrogens (tertiary/aromatic N) is 3. The Morgan fingerprint density at radius 1 is 1.21 bits per heavy atom. The first kappa shape index (κ1) is 17.6. The van der Waals surface area contributed by atoms with Crippen molar-refractivity contribution >= 4 is 39.2 Å². The fraction of sp³-hybridized carbons (Fsp3) is 0.227. The lowest BCUT2D eigenvalue weighted by atomic mass is 10.0. The average Bonchev–Trinajstić information content (AvgIpc) is 3.15. The van der Waals surface area contributed by atoms with Gasteiger partial charge in [0.1, 0.15) is 11.7 Å². The minimum absolute atomic E-state index is 0.110. The van der Waals surface area contributed by atoms with Crippen molar-refractivity contribution in [2.24, 2.45) is 0 Å². The van der Waals surface area contributed by atoms with Crippen LogP contribution in [0.5, 0.6) is 0 Å². The zero-order valence-electron chi connectivity index (χ0n) is 15.7. The Labute approximate surface area is 166 Å². The molecule has 2 N–H and O–H groups in total. The third-order valence-corrected chi connectivity index (χ3v) is 5.34. The Morgan fingerprint density at radius 2 is 2.14 bits per heavy atom. The molecule has 3 heterocycles. The molecule has 6 nitrogen and oxygen atoms in total. The molecule has 0 aliphatic carbocycles. The SMILES string of the molecule is O=C(c1cccc2cc(Nc3n[nH]c4cccnc34)ccc12)N1CCCC(F)C1. The lowest BCUT2D eigenvalue weighted by Gasteiger charge is -2.29. The highest BCUT2D eigenvalue weighted by Gasteiger charge is 2.25. The van der Waals surface area contributed by atoms with E-state index in [4.69, 9.17) is 0 Å². The smallest absolute Gasteiger partial charge is 0.254 e. The molecule has 0 radical (unpaired) electrons. The second-order valence-electron chi connectivity index (χ2n) is 7.33. The zero-order chi connectivity index (χ0) is 19.8. The van der Waals surface area contributed by atoms with E-state index in [-0.39, 0.29) is 12.5 Å². The van der Waals surface area contributed by atoms with Crippen molar-refractivity contribution in [1.29, 1.82) is 0 Å². The molecule has 146 valence electrons. The molecule has 1 aliphatic rings. The molecular weight excluding hydrogens is 369 g/mol. The van der Waals surface area contributed by atoms with Crippen molar-refractivity contribution < 1.29 is 9.18 Å². The Morgan fingerprint density at radius 3 is 3.03 bits per heavy atom. The normalized spacial score (nSPS) is 17.0. The van der Waals surface area contributed by atoms with Crippen LogP contribution in [0.2, 0.25) is 0 Å². The number of H-pyrrole nitrogens is 1. The number of piperidine rings is 1. The van der Waals surface area contributed by atoms with Crippen molar-refractivity contribution in [2.75, 3.05) is 18.4 Å². The van der Waals surface area contributed by atoms with Gasteiger partial charge in [-0.15, -0.1) is 0 Å². The Bertz CT molecular complexity index is 1200. The molecule has 2 aromatic carbocycles. The fourth-order valence-corrected chi connectivity index (χ4v) is 3.91. The summed E-state index contributed by atoms with van der Waals surface area (Å²) in [4.78, 5) is 18.9. The fourth-order valence-electron chi connectivity index (χ4n) is 3.91. The van der Waals surface area contributed by atoms with E-state index in [1.54, 1.807) is 11.1 Å². The van der Waals surface area contributed by atoms with E-state index in [0.29, 0.717) is 30.8 Å². The number of aromatic nitrogens is 3. The highest BCUT2D eigenvalue weighted by atomic mass is 19.1. The molecule has 0 saturated carbocycles. The number of anilines is 2. The minimum Gasteiger partial charge on any atom is -0.337 e. The molecule has 0 spiro atoms. The van der Waals surface area contributed by atoms with E-state index in [2.05, 4.69) is 20.5 Å². The molecule has 1 amide bonds. The monoisotopic (exact) mass is 389 g/mol. The molecule has 1 aliphatic heterocycles. The third-order valence-electron chi connectivity index (χ3n) is 5.34. The second-order valence-corrected chi connectivity index (χ2v) is 7.33. The predicted molar refractivity (Wildman–Crippen MR) is 111 cm³/mol. The van der Waals surface area contributed by atoms with Gasteiger partial charge < -0.3 is 10.2 Å². The maximum absolute atomic E-state index is 13.8. The Hall–Kier alpha value is -3.48. The molecular formula is C22H20FN5O. The predicted octanol–water partition coefficient (Wildman–Crippen LogP) is 4.43. The second kappa shape index (κ2) is 7.16. The lowest BCUT2D eigenvalue weighted by molar-refractivity contribution is 0.0638. The van der Waals surface area contributed by atoms with Crippen LogP contribution in [0.15, 0.2) is 54.7 Å². The van der Waals surface area contributed by atoms with Gasteiger partial charge in [0.15, 0.2) is 5.82 Å². The number of amides is 1. The van der Waals surface area contributed by atoms with E-state index in [9.17, 15) is 9.18 Å². The topological polar surface area (TPSA) is 73.9 Å². The Balaban J connectivity index is 1.46. The number of rotatable bonds is 3. The van der Waals surface area contributed by atoms with Gasteiger partial charge in [0.05, 0.1) is 12.1 Å². The molecule has 1 saturated heterocycles. The van der Waals surface area contributed by atoms with Gasteiger partial charge in [-0.3, -0.25) is 14.9 Å². The van der Waals surface area contributed by atoms with Crippen molar-refractivity contribution in [3.63, 3.8) is 0 Å². The number of fused-ring (bicyclic) bond motifs is 2. The van der Waals surface area contributed by atoms with Gasteiger partial charge in [0.2, 0.25) is 0 Å². The van der Waals surface area contributed by atoms with Crippen LogP contribution in [0, 0.1) is 0 Å². The largest absolute Gasteiger partial charge is 0.337 e. The zero-order valence-corrected chi connectivity index (χ0v) is 15.7. The standard InChI is InChI=1S/C22H20FN5O/c23-15-5-3-11-28(13-15)22(29)18-6-1-4-14-12-16(8-9-17(14)18)25-21-20-19(26-27-21)7-2-10-24-20/h1-2,4,6-10,12,15H,3,5,11,13H2,(H2,25,26,27). The number of alkyl halides is 1. The van der Waals surface area contributed by atoms with E-state index in [1.165, 1.54) is 0 Å². The molecule has 2 aromatic heterocycles. The highest BCUT2D eigenvalue weighted by molar-refractivity contribution is 6.07. The van der Waals surface area contributed by atoms with Crippen LogP contribution < -0.4 is 5.32 Å². The lowest BCUT2D eigenvalue weighted by Crippen LogP contribution is -2.40. The number of hydrogen-bond acceptors (Lipinski definition) is 4. The van der Waals surface area contributed by atoms with Gasteiger partial charge in [0, 0.05) is 24.0 Å². The molecule has 1 unspecified atom stereocenters. The van der Waals surface area contributed by atoms with E-state index in [0.717, 1.165) is 27.5 Å². The number of nitrogens with one attached hydrogen (secondary N) is 2. The highest BCUT2D eigenvalue weighted by Crippen LogP contribution is 2.28. The summed E-state index contributed by atoms with van der Waals surface area (Å²) < 4.78 is 13.8. The van der Waals surface area contributed by atoms with Gasteiger partial charge in [0.25, 0.3) is 5.91 Å². The van der Waals surface area contributed by atoms with Crippen molar-refractivity contribution in [2.45, 2.75) is 19.0 Å². The van der Waals surface area contributed by atoms with Crippen LogP contribution in [0.4, 0.5) is 15.9 Å². The molecule has 0 bridgehead atoms. The molecule has 1 fully saturated rings. The van der Waals surface area contributed by atoms with Gasteiger partial charge >= 0.3 is 0 Å². The van der Waals surface area contributed by atoms with Crippen molar-refractivity contribution in [3.8, 4) is 0 Å². The van der Waals surface area contributed by atoms with E-state index >= 15 is 0 Å². The van der Waals surface area contributed by atoms with Crippen molar-refractivity contribution in [3.05, 3.63) is 60.3 Å². The number of carbonyl (C=O) groups is 1. The first-order valence-corrected chi connectivity index (χ1v) is 9.71. The summed E-state index contributed by atoms with van der Waals surface area (Å²) in [5, 5.41) is 12.3. The maximum atomic E-state index is 13.8. The van der Waals surface area contributed by atoms with Crippen LogP contribution in [-0.2, 0) is 0 Å². The molecule has 4 aromatic rings. The maximum Gasteiger partial charge on any atom is 0.254 e. The number of benzene rings is 2. The van der Waals surface area contributed by atoms with Crippen LogP contribution in [0.1, 0.15) is 23.2 Å². The van der Waals surface area contributed by atoms with Crippen LogP contribution >= 0.6 is 0 Å². The summed E-state index contributed by atoms with van der Waals surface area (Å²) in [6.45, 7) is 0.780. The summed E-state index contributed by atoms with van der Waals surface area (Å²) in [5.41, 5.74) is 3.08. The number of likely N-dealkylation sites (tertiary alicyclic amines) is 1. The summed E-state index contributed by atoms with van der Waals surface area (Å²) in [6, 6.07) is 15.2. The molecule has 1 atom stereocenters. The number of carbonyl (C=O) groups excluding carboxylic acids is 1. The van der Waals surface area contributed by atoms with Gasteiger partial charge in [-0.2, -0.15) is 5.10 Å². The Kier molecular flexibility index (Phi) is 4.35. The number of halogens is 1. The van der Waals surface area contributed by atoms with Crippen LogP contribution in [0.3, 0.4) is 0 Å². The third kappa shape index (κ3) is 3.29. The number of pyridine rings is 1. The quantitative estimate of drug-likeness (QED) is 0.544. The number of aromatic amines is 1. The minimum atomic E-state index is -0.934. The van der Waals surface area contributed by atoms with E-state index < -0.39 is 6.17 Å². The summed E-state index contributed by atoms with van der Waals surface area (Å²) in [5.74, 6) is 0.538. The first-order chi connectivity index (χ1) is 14.2. The van der Waals surface area contributed by atoms with Gasteiger partial charge in [-0.05, 0) is 53.9 Å². The number of hydrogen-bond donors (Lipinski definition) is 2. The van der Waals surface area contributed by atoms with Crippen molar-refractivity contribution in [1.82, 2.24) is 20.1 Å². The van der Waals surface area contributed by atoms with Crippen LogP contribution in [-0.4, -0.2) is 45.2 Å². The molecule has 7 heteroatoms. The van der Waals surface area contributed by atoms with E-state index in [1.807, 2.05) is 48.5 Å². The molecule has 5 rings (SSSR count). The van der Waals surface area contributed by atoms with Gasteiger partial charge in [-0.1, -0.05) is 18.2 Å². The summed E-state index contributed by atoms with van der Waals surface area (Å²) in [7, 11) is 0. The average molecular weight is 389 g/mol. The first-order valence-electron chi connectivity index (χ1n) is 9.71. The summed E-state index contributed by atoms with van der Waals surface area (Å²) >= 11 is 0. The van der Waals surface area contributed by atoms with Gasteiger partial charge in [-0.25, -0.2) is 4.39 Å². The summed E-state index contributed by atoms with van der Waals surface area (Å²) in [6.07, 6.45) is 2.03. The molecule has 29 heavy (non-hydrogen) atoms. The van der Waals surface area contributed by atoms with Crippen LogP contribution in [0.25, 0.3) is 21.8 Å².